The number of anilines is 1. The number of hydrogen-bond donors (Lipinski definition) is 3. The van der Waals surface area contributed by atoms with Gasteiger partial charge in [0.1, 0.15) is 5.75 Å². The Balaban J connectivity index is 0.000000572. The highest BCUT2D eigenvalue weighted by Crippen LogP contribution is 2.48. The molecule has 36 heavy (non-hydrogen) atoms. The summed E-state index contributed by atoms with van der Waals surface area (Å²) in [6.45, 7) is 6.42. The highest BCUT2D eigenvalue weighted by Gasteiger charge is 2.51. The van der Waals surface area contributed by atoms with E-state index in [0.29, 0.717) is 18.0 Å². The first-order valence-corrected chi connectivity index (χ1v) is 12.7. The molecule has 12 heteroatoms. The lowest BCUT2D eigenvalue weighted by molar-refractivity contribution is -0.192. The van der Waals surface area contributed by atoms with E-state index in [0.717, 1.165) is 24.8 Å². The summed E-state index contributed by atoms with van der Waals surface area (Å²) in [5.74, 6) is -2.08. The number of carbonyl (C=O) groups is 2. The zero-order chi connectivity index (χ0) is 27.1. The number of benzene rings is 2. The second-order valence-electron chi connectivity index (χ2n) is 8.26. The maximum atomic E-state index is 12.6. The van der Waals surface area contributed by atoms with Crippen molar-refractivity contribution in [3.8, 4) is 5.75 Å². The topological polar surface area (TPSA) is 122 Å². The van der Waals surface area contributed by atoms with Crippen molar-refractivity contribution < 1.29 is 41.0 Å². The summed E-state index contributed by atoms with van der Waals surface area (Å²) >= 11 is 0. The smallest absolute Gasteiger partial charge is 0.490 e. The van der Waals surface area contributed by atoms with E-state index < -0.39 is 27.6 Å². The molecule has 1 aliphatic carbocycles. The van der Waals surface area contributed by atoms with E-state index in [1.54, 1.807) is 24.3 Å². The summed E-state index contributed by atoms with van der Waals surface area (Å²) in [5, 5.41) is 10.2. The number of aliphatic carboxylic acids is 1. The molecule has 3 N–H and O–H groups in total. The van der Waals surface area contributed by atoms with Crippen LogP contribution in [0.15, 0.2) is 53.4 Å². The van der Waals surface area contributed by atoms with E-state index in [1.165, 1.54) is 12.1 Å². The fourth-order valence-corrected chi connectivity index (χ4v) is 4.25. The lowest BCUT2D eigenvalue weighted by Gasteiger charge is -2.19. The first kappa shape index (κ1) is 29.0. The van der Waals surface area contributed by atoms with Crippen molar-refractivity contribution in [1.29, 1.82) is 0 Å². The number of sulfonamides is 1. The minimum atomic E-state index is -5.08. The van der Waals surface area contributed by atoms with Gasteiger partial charge in [-0.2, -0.15) is 13.2 Å². The van der Waals surface area contributed by atoms with Gasteiger partial charge in [0.25, 0.3) is 10.0 Å². The van der Waals surface area contributed by atoms with Gasteiger partial charge in [-0.1, -0.05) is 19.1 Å². The Morgan fingerprint density at radius 1 is 1.06 bits per heavy atom. The molecule has 0 saturated heterocycles. The molecular formula is C24H29F3N2O6S. The van der Waals surface area contributed by atoms with Gasteiger partial charge in [0.15, 0.2) is 0 Å². The molecule has 2 aromatic carbocycles. The van der Waals surface area contributed by atoms with E-state index >= 15 is 0 Å². The van der Waals surface area contributed by atoms with Crippen LogP contribution in [0.4, 0.5) is 18.9 Å². The van der Waals surface area contributed by atoms with Crippen LogP contribution < -0.4 is 14.8 Å². The predicted octanol–water partition coefficient (Wildman–Crippen LogP) is 4.47. The van der Waals surface area contributed by atoms with Gasteiger partial charge in [-0.15, -0.1) is 0 Å². The van der Waals surface area contributed by atoms with Crippen LogP contribution in [0.1, 0.15) is 45.6 Å². The number of alkyl halides is 3. The molecular weight excluding hydrogens is 501 g/mol. The van der Waals surface area contributed by atoms with Gasteiger partial charge < -0.3 is 15.2 Å². The van der Waals surface area contributed by atoms with Crippen molar-refractivity contribution >= 4 is 27.6 Å². The minimum absolute atomic E-state index is 0.0505. The molecule has 3 rings (SSSR count). The van der Waals surface area contributed by atoms with Crippen LogP contribution in [0.3, 0.4) is 0 Å². The van der Waals surface area contributed by atoms with E-state index in [2.05, 4.69) is 10.0 Å². The molecule has 1 unspecified atom stereocenters. The monoisotopic (exact) mass is 530 g/mol. The standard InChI is InChI=1S/C22H28N2O4S.C2HF3O2/c1-4-16(3)23-21(25)22(14-15-22)17-6-8-18(9-7-17)24-29(26,27)20-12-10-19(11-13-20)28-5-2;3-2(4,5)1(6)7/h6-13,16,24H,4-5,14-15H2,1-3H3,(H,23,25);(H,6,7). The van der Waals surface area contributed by atoms with Gasteiger partial charge in [0.05, 0.1) is 16.9 Å². The number of carboxylic acid groups (broad SMARTS) is 1. The average Bonchev–Trinajstić information content (AvgIpc) is 3.62. The van der Waals surface area contributed by atoms with Crippen molar-refractivity contribution in [2.24, 2.45) is 0 Å². The van der Waals surface area contributed by atoms with E-state index in [4.69, 9.17) is 14.6 Å². The van der Waals surface area contributed by atoms with Crippen molar-refractivity contribution in [2.75, 3.05) is 11.3 Å². The summed E-state index contributed by atoms with van der Waals surface area (Å²) in [6.07, 6.45) is -2.58. The number of halogens is 3. The average molecular weight is 531 g/mol. The number of carboxylic acids is 1. The summed E-state index contributed by atoms with van der Waals surface area (Å²) < 4.78 is 64.9. The molecule has 0 bridgehead atoms. The number of carbonyl (C=O) groups excluding carboxylic acids is 1. The lowest BCUT2D eigenvalue weighted by Crippen LogP contribution is -2.39. The minimum Gasteiger partial charge on any atom is -0.494 e. The molecule has 1 saturated carbocycles. The number of rotatable bonds is 9. The summed E-state index contributed by atoms with van der Waals surface area (Å²) in [7, 11) is -3.70. The van der Waals surface area contributed by atoms with Crippen molar-refractivity contribution in [1.82, 2.24) is 5.32 Å². The van der Waals surface area contributed by atoms with Gasteiger partial charge >= 0.3 is 12.1 Å². The van der Waals surface area contributed by atoms with Gasteiger partial charge in [-0.3, -0.25) is 9.52 Å². The molecule has 0 heterocycles. The van der Waals surface area contributed by atoms with Crippen LogP contribution in [0.25, 0.3) is 0 Å². The third-order valence-electron chi connectivity index (χ3n) is 5.55. The Morgan fingerprint density at radius 2 is 1.58 bits per heavy atom. The Labute approximate surface area is 207 Å². The van der Waals surface area contributed by atoms with Gasteiger partial charge in [0.2, 0.25) is 5.91 Å². The SMILES string of the molecule is CCOc1ccc(S(=O)(=O)Nc2ccc(C3(C(=O)NC(C)CC)CC3)cc2)cc1.O=C(O)C(F)(F)F. The third kappa shape index (κ3) is 7.61. The van der Waals surface area contributed by atoms with Crippen LogP contribution >= 0.6 is 0 Å². The molecule has 1 amide bonds. The van der Waals surface area contributed by atoms with Crippen LogP contribution in [-0.4, -0.2) is 44.2 Å². The van der Waals surface area contributed by atoms with Gasteiger partial charge in [-0.05, 0) is 75.1 Å². The Hall–Kier alpha value is -3.28. The summed E-state index contributed by atoms with van der Waals surface area (Å²) in [4.78, 5) is 21.7. The van der Waals surface area contributed by atoms with Gasteiger partial charge in [-0.25, -0.2) is 13.2 Å². The lowest BCUT2D eigenvalue weighted by atomic mass is 9.94. The highest BCUT2D eigenvalue weighted by atomic mass is 32.2. The van der Waals surface area contributed by atoms with E-state index in [9.17, 15) is 26.4 Å². The zero-order valence-corrected chi connectivity index (χ0v) is 20.9. The first-order valence-electron chi connectivity index (χ1n) is 11.2. The normalized spacial score (nSPS) is 15.1. The quantitative estimate of drug-likeness (QED) is 0.440. The maximum absolute atomic E-state index is 12.6. The Morgan fingerprint density at radius 3 is 2.00 bits per heavy atom. The Kier molecular flexibility index (Phi) is 9.36. The molecule has 2 aromatic rings. The third-order valence-corrected chi connectivity index (χ3v) is 6.95. The molecule has 1 atom stereocenters. The largest absolute Gasteiger partial charge is 0.494 e. The second kappa shape index (κ2) is 11.6. The van der Waals surface area contributed by atoms with Gasteiger partial charge in [0, 0.05) is 11.7 Å². The number of nitrogens with one attached hydrogen (secondary N) is 2. The fraction of sp³-hybridized carbons (Fsp3) is 0.417. The molecule has 0 spiro atoms. The molecule has 0 aliphatic heterocycles. The molecule has 8 nitrogen and oxygen atoms in total. The van der Waals surface area contributed by atoms with E-state index in [-0.39, 0.29) is 16.8 Å². The Bertz CT molecular complexity index is 1150. The molecule has 0 radical (unpaired) electrons. The van der Waals surface area contributed by atoms with Crippen LogP contribution in [-0.2, 0) is 25.0 Å². The number of ether oxygens (including phenoxy) is 1. The fourth-order valence-electron chi connectivity index (χ4n) is 3.19. The predicted molar refractivity (Wildman–Crippen MR) is 127 cm³/mol. The first-order chi connectivity index (χ1) is 16.7. The number of amides is 1. The zero-order valence-electron chi connectivity index (χ0n) is 20.1. The summed E-state index contributed by atoms with van der Waals surface area (Å²) in [5.41, 5.74) is 0.902. The van der Waals surface area contributed by atoms with E-state index in [1.807, 2.05) is 32.9 Å². The maximum Gasteiger partial charge on any atom is 0.490 e. The van der Waals surface area contributed by atoms with Crippen molar-refractivity contribution in [3.05, 3.63) is 54.1 Å². The molecule has 1 fully saturated rings. The van der Waals surface area contributed by atoms with Crippen LogP contribution in [0, 0.1) is 0 Å². The van der Waals surface area contributed by atoms with Crippen molar-refractivity contribution in [2.45, 2.75) is 62.6 Å². The van der Waals surface area contributed by atoms with Crippen molar-refractivity contribution in [3.63, 3.8) is 0 Å². The van der Waals surface area contributed by atoms with Crippen LogP contribution in [0.2, 0.25) is 0 Å². The molecule has 1 aliphatic rings. The number of hydrogen-bond acceptors (Lipinski definition) is 5. The highest BCUT2D eigenvalue weighted by molar-refractivity contribution is 7.92. The molecule has 198 valence electrons. The second-order valence-corrected chi connectivity index (χ2v) is 9.94. The molecule has 0 aromatic heterocycles. The summed E-state index contributed by atoms with van der Waals surface area (Å²) in [6, 6.07) is 13.5. The van der Waals surface area contributed by atoms with Crippen LogP contribution in [0.5, 0.6) is 5.75 Å².